The minimum Gasteiger partial charge on any atom is -0.352 e. The molecular formula is C15H26O4. The van der Waals surface area contributed by atoms with Crippen LogP contribution < -0.4 is 0 Å². The summed E-state index contributed by atoms with van der Waals surface area (Å²) in [5.41, 5.74) is 0. The molecule has 4 heteroatoms. The first-order valence-corrected chi connectivity index (χ1v) is 7.41. The van der Waals surface area contributed by atoms with Crippen molar-refractivity contribution in [2.45, 2.75) is 45.7 Å². The fraction of sp³-hybridized carbons (Fsp3) is 0.867. The van der Waals surface area contributed by atoms with Crippen LogP contribution in [0.5, 0.6) is 0 Å². The average molecular weight is 270 g/mol. The van der Waals surface area contributed by atoms with Gasteiger partial charge in [0.1, 0.15) is 0 Å². The first kappa shape index (κ1) is 15.0. The Balaban J connectivity index is 1.59. The molecule has 0 radical (unpaired) electrons. The Morgan fingerprint density at radius 3 is 2.11 bits per heavy atom. The highest BCUT2D eigenvalue weighted by atomic mass is 16.7. The molecule has 2 heterocycles. The molecule has 0 unspecified atom stereocenters. The fourth-order valence-corrected chi connectivity index (χ4v) is 2.47. The van der Waals surface area contributed by atoms with Crippen LogP contribution in [0.3, 0.4) is 0 Å². The van der Waals surface area contributed by atoms with Gasteiger partial charge in [-0.25, -0.2) is 0 Å². The summed E-state index contributed by atoms with van der Waals surface area (Å²) >= 11 is 0. The number of rotatable bonds is 5. The largest absolute Gasteiger partial charge is 0.352 e. The van der Waals surface area contributed by atoms with E-state index in [4.69, 9.17) is 18.9 Å². The Hall–Kier alpha value is -0.420. The second-order valence-electron chi connectivity index (χ2n) is 5.33. The van der Waals surface area contributed by atoms with Gasteiger partial charge in [-0.3, -0.25) is 0 Å². The molecule has 0 atom stereocenters. The zero-order valence-electron chi connectivity index (χ0n) is 12.0. The molecule has 0 saturated carbocycles. The van der Waals surface area contributed by atoms with Crippen LogP contribution in [-0.2, 0) is 18.9 Å². The number of hydrogen-bond donors (Lipinski definition) is 0. The highest BCUT2D eigenvalue weighted by Crippen LogP contribution is 2.22. The lowest BCUT2D eigenvalue weighted by molar-refractivity contribution is -0.214. The molecule has 19 heavy (non-hydrogen) atoms. The lowest BCUT2D eigenvalue weighted by Crippen LogP contribution is -2.34. The lowest BCUT2D eigenvalue weighted by Gasteiger charge is -2.31. The third-order valence-electron chi connectivity index (χ3n) is 3.64. The second-order valence-corrected chi connectivity index (χ2v) is 5.33. The van der Waals surface area contributed by atoms with Crippen LogP contribution in [0.4, 0.5) is 0 Å². The van der Waals surface area contributed by atoms with E-state index in [1.807, 2.05) is 6.92 Å². The number of ether oxygens (including phenoxy) is 4. The molecule has 0 bridgehead atoms. The van der Waals surface area contributed by atoms with E-state index in [2.05, 4.69) is 19.1 Å². The van der Waals surface area contributed by atoms with Gasteiger partial charge >= 0.3 is 0 Å². The van der Waals surface area contributed by atoms with Gasteiger partial charge in [-0.2, -0.15) is 0 Å². The van der Waals surface area contributed by atoms with Crippen molar-refractivity contribution >= 4 is 0 Å². The van der Waals surface area contributed by atoms with E-state index in [1.54, 1.807) is 0 Å². The van der Waals surface area contributed by atoms with E-state index >= 15 is 0 Å². The summed E-state index contributed by atoms with van der Waals surface area (Å²) in [5.74, 6) is 0.885. The second kappa shape index (κ2) is 8.00. The van der Waals surface area contributed by atoms with Crippen molar-refractivity contribution in [3.8, 4) is 0 Å². The predicted molar refractivity (Wildman–Crippen MR) is 72.7 cm³/mol. The number of allylic oxidation sites excluding steroid dienone is 1. The van der Waals surface area contributed by atoms with Crippen molar-refractivity contribution in [3.05, 3.63) is 12.2 Å². The van der Waals surface area contributed by atoms with Gasteiger partial charge in [0.2, 0.25) is 0 Å². The molecule has 0 N–H and O–H groups in total. The molecule has 2 saturated heterocycles. The average Bonchev–Trinajstić information content (AvgIpc) is 2.47. The van der Waals surface area contributed by atoms with E-state index in [0.717, 1.165) is 45.7 Å². The van der Waals surface area contributed by atoms with E-state index in [0.29, 0.717) is 11.8 Å². The molecule has 110 valence electrons. The first-order valence-electron chi connectivity index (χ1n) is 7.41. The molecule has 2 rings (SSSR count). The van der Waals surface area contributed by atoms with Gasteiger partial charge in [0.15, 0.2) is 12.6 Å². The van der Waals surface area contributed by atoms with Gasteiger partial charge in [-0.15, -0.1) is 0 Å². The van der Waals surface area contributed by atoms with Crippen molar-refractivity contribution in [1.82, 2.24) is 0 Å². The van der Waals surface area contributed by atoms with E-state index in [9.17, 15) is 0 Å². The molecule has 4 nitrogen and oxygen atoms in total. The zero-order chi connectivity index (χ0) is 13.5. The number of hydrogen-bond acceptors (Lipinski definition) is 4. The highest BCUT2D eigenvalue weighted by molar-refractivity contribution is 4.86. The van der Waals surface area contributed by atoms with E-state index in [-0.39, 0.29) is 12.6 Å². The topological polar surface area (TPSA) is 36.9 Å². The van der Waals surface area contributed by atoms with Crippen molar-refractivity contribution in [2.24, 2.45) is 11.8 Å². The van der Waals surface area contributed by atoms with Crippen LogP contribution in [-0.4, -0.2) is 39.0 Å². The van der Waals surface area contributed by atoms with Gasteiger partial charge < -0.3 is 18.9 Å². The van der Waals surface area contributed by atoms with Gasteiger partial charge in [-0.1, -0.05) is 19.1 Å². The Labute approximate surface area is 116 Å². The zero-order valence-corrected chi connectivity index (χ0v) is 12.0. The third-order valence-corrected chi connectivity index (χ3v) is 3.64. The van der Waals surface area contributed by atoms with Crippen LogP contribution in [0.15, 0.2) is 12.2 Å². The minimum absolute atomic E-state index is 0.0000183. The van der Waals surface area contributed by atoms with Gasteiger partial charge in [0.25, 0.3) is 0 Å². The maximum atomic E-state index is 5.72. The van der Waals surface area contributed by atoms with Crippen LogP contribution in [0, 0.1) is 11.8 Å². The van der Waals surface area contributed by atoms with Gasteiger partial charge in [0.05, 0.1) is 26.4 Å². The summed E-state index contributed by atoms with van der Waals surface area (Å²) < 4.78 is 22.7. The summed E-state index contributed by atoms with van der Waals surface area (Å²) in [6.07, 6.45) is 7.04. The summed E-state index contributed by atoms with van der Waals surface area (Å²) in [7, 11) is 0. The monoisotopic (exact) mass is 270 g/mol. The summed E-state index contributed by atoms with van der Waals surface area (Å²) in [6, 6.07) is 0. The van der Waals surface area contributed by atoms with Crippen LogP contribution in [0.25, 0.3) is 0 Å². The van der Waals surface area contributed by atoms with Crippen molar-refractivity contribution in [3.63, 3.8) is 0 Å². The Bertz CT molecular complexity index is 263. The quantitative estimate of drug-likeness (QED) is 0.720. The first-order chi connectivity index (χ1) is 9.31. The molecule has 0 amide bonds. The molecule has 2 fully saturated rings. The van der Waals surface area contributed by atoms with Crippen molar-refractivity contribution in [1.29, 1.82) is 0 Å². The van der Waals surface area contributed by atoms with E-state index < -0.39 is 0 Å². The molecule has 0 spiro atoms. The summed E-state index contributed by atoms with van der Waals surface area (Å²) in [4.78, 5) is 0. The van der Waals surface area contributed by atoms with E-state index in [1.165, 1.54) is 0 Å². The molecule has 0 aromatic carbocycles. The smallest absolute Gasteiger partial charge is 0.157 e. The SMILES string of the molecule is C/C=C\[C@H]1CO[C@H](CCC2COC(CC)OC2)OC1. The highest BCUT2D eigenvalue weighted by Gasteiger charge is 2.24. The van der Waals surface area contributed by atoms with Gasteiger partial charge in [0, 0.05) is 11.8 Å². The minimum atomic E-state index is -0.0506. The molecular weight excluding hydrogens is 244 g/mol. The standard InChI is InChI=1S/C15H26O4/c1-3-5-12-8-18-15(19-9-12)7-6-13-10-16-14(4-2)17-11-13/h3,5,12-15H,4,6-11H2,1-2H3/b5-3-/t12-,13?,14?,15-. The molecule has 0 aliphatic carbocycles. The predicted octanol–water partition coefficient (Wildman–Crippen LogP) is 2.73. The summed E-state index contributed by atoms with van der Waals surface area (Å²) in [6.45, 7) is 7.24. The fourth-order valence-electron chi connectivity index (χ4n) is 2.47. The van der Waals surface area contributed by atoms with Crippen LogP contribution >= 0.6 is 0 Å². The molecule has 2 aliphatic heterocycles. The molecule has 0 aromatic rings. The van der Waals surface area contributed by atoms with Crippen LogP contribution in [0.2, 0.25) is 0 Å². The third kappa shape index (κ3) is 4.88. The molecule has 0 aromatic heterocycles. The van der Waals surface area contributed by atoms with Crippen molar-refractivity contribution in [2.75, 3.05) is 26.4 Å². The Morgan fingerprint density at radius 1 is 0.895 bits per heavy atom. The maximum absolute atomic E-state index is 5.72. The van der Waals surface area contributed by atoms with Crippen LogP contribution in [0.1, 0.15) is 33.1 Å². The normalized spacial score (nSPS) is 36.7. The van der Waals surface area contributed by atoms with Crippen molar-refractivity contribution < 1.29 is 18.9 Å². The Morgan fingerprint density at radius 2 is 1.53 bits per heavy atom. The molecule has 2 aliphatic rings. The summed E-state index contributed by atoms with van der Waals surface area (Å²) in [5, 5.41) is 0. The van der Waals surface area contributed by atoms with Gasteiger partial charge in [-0.05, 0) is 26.2 Å². The lowest BCUT2D eigenvalue weighted by atomic mass is 10.0. The Kier molecular flexibility index (Phi) is 6.31. The maximum Gasteiger partial charge on any atom is 0.157 e.